The molecule has 0 spiro atoms. The Bertz CT molecular complexity index is 230. The van der Waals surface area contributed by atoms with Crippen molar-refractivity contribution >= 4 is 5.97 Å². The molecular formula is C9H12O2. The van der Waals surface area contributed by atoms with Gasteiger partial charge in [0, 0.05) is 5.57 Å². The van der Waals surface area contributed by atoms with Gasteiger partial charge in [0.1, 0.15) is 0 Å². The predicted octanol–water partition coefficient (Wildman–Crippen LogP) is 1.67. The van der Waals surface area contributed by atoms with Gasteiger partial charge in [0.05, 0.1) is 0 Å². The molecule has 11 heavy (non-hydrogen) atoms. The van der Waals surface area contributed by atoms with Gasteiger partial charge in [-0.25, -0.2) is 4.79 Å². The average molecular weight is 152 g/mol. The first-order chi connectivity index (χ1) is 5.18. The van der Waals surface area contributed by atoms with Gasteiger partial charge in [-0.2, -0.15) is 0 Å². The van der Waals surface area contributed by atoms with Gasteiger partial charge in [0.2, 0.25) is 0 Å². The molecule has 2 heteroatoms. The summed E-state index contributed by atoms with van der Waals surface area (Å²) in [6.07, 6.45) is 4.13. The van der Waals surface area contributed by atoms with Gasteiger partial charge < -0.3 is 5.11 Å². The van der Waals surface area contributed by atoms with E-state index in [4.69, 9.17) is 5.11 Å². The number of allylic oxidation sites excluding steroid dienone is 1. The minimum Gasteiger partial charge on any atom is -0.478 e. The summed E-state index contributed by atoms with van der Waals surface area (Å²) in [6.45, 7) is 2.21. The molecule has 3 atom stereocenters. The lowest BCUT2D eigenvalue weighted by atomic mass is 9.91. The minimum atomic E-state index is -0.704. The van der Waals surface area contributed by atoms with Crippen molar-refractivity contribution < 1.29 is 9.90 Å². The third-order valence-corrected chi connectivity index (χ3v) is 3.02. The van der Waals surface area contributed by atoms with E-state index in [-0.39, 0.29) is 0 Å². The largest absolute Gasteiger partial charge is 0.478 e. The summed E-state index contributed by atoms with van der Waals surface area (Å²) in [5.74, 6) is 0.936. The third kappa shape index (κ3) is 0.889. The standard InChI is InChI=1S/C9H12O2/c1-5-2-7-3-6(5)4-8(7)9(10)11/h4-7H,2-3H2,1H3,(H,10,11). The summed E-state index contributed by atoms with van der Waals surface area (Å²) in [4.78, 5) is 10.6. The molecule has 0 aromatic carbocycles. The Morgan fingerprint density at radius 3 is 2.73 bits per heavy atom. The van der Waals surface area contributed by atoms with Crippen LogP contribution in [0.5, 0.6) is 0 Å². The van der Waals surface area contributed by atoms with Crippen LogP contribution in [0.25, 0.3) is 0 Å². The van der Waals surface area contributed by atoms with Crippen molar-refractivity contribution in [3.63, 3.8) is 0 Å². The lowest BCUT2D eigenvalue weighted by Crippen LogP contribution is -2.11. The fourth-order valence-electron chi connectivity index (χ4n) is 2.38. The number of carboxylic acid groups (broad SMARTS) is 1. The first-order valence-corrected chi connectivity index (χ1v) is 4.13. The van der Waals surface area contributed by atoms with Gasteiger partial charge in [-0.05, 0) is 30.6 Å². The molecule has 0 aromatic rings. The molecule has 60 valence electrons. The van der Waals surface area contributed by atoms with Gasteiger partial charge >= 0.3 is 5.97 Å². The van der Waals surface area contributed by atoms with E-state index in [1.54, 1.807) is 0 Å². The van der Waals surface area contributed by atoms with Crippen LogP contribution < -0.4 is 0 Å². The number of hydrogen-bond donors (Lipinski definition) is 1. The van der Waals surface area contributed by atoms with E-state index in [1.807, 2.05) is 6.08 Å². The highest BCUT2D eigenvalue weighted by molar-refractivity contribution is 5.88. The van der Waals surface area contributed by atoms with Crippen LogP contribution in [0.3, 0.4) is 0 Å². The third-order valence-electron chi connectivity index (χ3n) is 3.02. The Morgan fingerprint density at radius 1 is 1.64 bits per heavy atom. The molecule has 1 fully saturated rings. The fourth-order valence-corrected chi connectivity index (χ4v) is 2.38. The molecule has 2 rings (SSSR count). The summed E-state index contributed by atoms with van der Waals surface area (Å²) in [5.41, 5.74) is 0.674. The number of rotatable bonds is 1. The van der Waals surface area contributed by atoms with Crippen LogP contribution >= 0.6 is 0 Å². The maximum absolute atomic E-state index is 10.6. The van der Waals surface area contributed by atoms with Crippen LogP contribution in [0.1, 0.15) is 19.8 Å². The lowest BCUT2D eigenvalue weighted by molar-refractivity contribution is -0.133. The van der Waals surface area contributed by atoms with Crippen molar-refractivity contribution in [1.29, 1.82) is 0 Å². The highest BCUT2D eigenvalue weighted by Gasteiger charge is 2.40. The fraction of sp³-hybridized carbons (Fsp3) is 0.667. The van der Waals surface area contributed by atoms with E-state index in [9.17, 15) is 4.79 Å². The Balaban J connectivity index is 2.24. The Labute approximate surface area is 65.9 Å². The van der Waals surface area contributed by atoms with Crippen LogP contribution in [0.4, 0.5) is 0 Å². The summed E-state index contributed by atoms with van der Waals surface area (Å²) in [6, 6.07) is 0. The smallest absolute Gasteiger partial charge is 0.331 e. The van der Waals surface area contributed by atoms with Gasteiger partial charge in [-0.3, -0.25) is 0 Å². The molecule has 0 saturated heterocycles. The number of carboxylic acids is 1. The first kappa shape index (κ1) is 6.89. The topological polar surface area (TPSA) is 37.3 Å². The van der Waals surface area contributed by atoms with Gasteiger partial charge in [-0.15, -0.1) is 0 Å². The van der Waals surface area contributed by atoms with Gasteiger partial charge in [-0.1, -0.05) is 13.0 Å². The summed E-state index contributed by atoms with van der Waals surface area (Å²) >= 11 is 0. The molecule has 2 bridgehead atoms. The number of aliphatic carboxylic acids is 1. The van der Waals surface area contributed by atoms with Crippen LogP contribution in [0, 0.1) is 17.8 Å². The molecule has 1 N–H and O–H groups in total. The second-order valence-corrected chi connectivity index (χ2v) is 3.74. The maximum Gasteiger partial charge on any atom is 0.331 e. The highest BCUT2D eigenvalue weighted by atomic mass is 16.4. The molecule has 2 aliphatic rings. The van der Waals surface area contributed by atoms with Crippen LogP contribution in [0.15, 0.2) is 11.6 Å². The zero-order chi connectivity index (χ0) is 8.01. The Morgan fingerprint density at radius 2 is 2.36 bits per heavy atom. The number of hydrogen-bond acceptors (Lipinski definition) is 1. The Hall–Kier alpha value is -0.790. The van der Waals surface area contributed by atoms with Crippen molar-refractivity contribution in [2.24, 2.45) is 17.8 Å². The van der Waals surface area contributed by atoms with E-state index in [0.29, 0.717) is 23.3 Å². The van der Waals surface area contributed by atoms with Gasteiger partial charge in [0.15, 0.2) is 0 Å². The van der Waals surface area contributed by atoms with Gasteiger partial charge in [0.25, 0.3) is 0 Å². The molecular weight excluding hydrogens is 140 g/mol. The van der Waals surface area contributed by atoms with E-state index in [2.05, 4.69) is 6.92 Å². The Kier molecular flexibility index (Phi) is 1.31. The maximum atomic E-state index is 10.6. The zero-order valence-corrected chi connectivity index (χ0v) is 6.58. The first-order valence-electron chi connectivity index (χ1n) is 4.13. The van der Waals surface area contributed by atoms with Crippen molar-refractivity contribution in [2.75, 3.05) is 0 Å². The van der Waals surface area contributed by atoms with Crippen LogP contribution in [-0.4, -0.2) is 11.1 Å². The number of fused-ring (bicyclic) bond motifs is 2. The van der Waals surface area contributed by atoms with Crippen LogP contribution in [0.2, 0.25) is 0 Å². The van der Waals surface area contributed by atoms with E-state index < -0.39 is 5.97 Å². The van der Waals surface area contributed by atoms with Crippen molar-refractivity contribution in [3.8, 4) is 0 Å². The van der Waals surface area contributed by atoms with Crippen LogP contribution in [-0.2, 0) is 4.79 Å². The zero-order valence-electron chi connectivity index (χ0n) is 6.58. The molecule has 0 radical (unpaired) electrons. The normalized spacial score (nSPS) is 40.8. The van der Waals surface area contributed by atoms with Crippen molar-refractivity contribution in [3.05, 3.63) is 11.6 Å². The van der Waals surface area contributed by atoms with E-state index in [0.717, 1.165) is 12.8 Å². The molecule has 0 amide bonds. The molecule has 0 aliphatic heterocycles. The van der Waals surface area contributed by atoms with Crippen molar-refractivity contribution in [1.82, 2.24) is 0 Å². The summed E-state index contributed by atoms with van der Waals surface area (Å²) in [7, 11) is 0. The SMILES string of the molecule is CC1CC2CC1C=C2C(=O)O. The molecule has 0 aromatic heterocycles. The number of carbonyl (C=O) groups is 1. The second-order valence-electron chi connectivity index (χ2n) is 3.74. The molecule has 2 aliphatic carbocycles. The second kappa shape index (κ2) is 2.10. The highest BCUT2D eigenvalue weighted by Crippen LogP contribution is 2.47. The lowest BCUT2D eigenvalue weighted by Gasteiger charge is -2.14. The monoisotopic (exact) mass is 152 g/mol. The average Bonchev–Trinajstić information content (AvgIpc) is 2.43. The van der Waals surface area contributed by atoms with Crippen molar-refractivity contribution in [2.45, 2.75) is 19.8 Å². The predicted molar refractivity (Wildman–Crippen MR) is 41.1 cm³/mol. The molecule has 1 saturated carbocycles. The molecule has 0 heterocycles. The molecule has 3 unspecified atom stereocenters. The minimum absolute atomic E-state index is 0.368. The molecule has 2 nitrogen and oxygen atoms in total. The quantitative estimate of drug-likeness (QED) is 0.620. The summed E-state index contributed by atoms with van der Waals surface area (Å²) in [5, 5.41) is 8.75. The summed E-state index contributed by atoms with van der Waals surface area (Å²) < 4.78 is 0. The van der Waals surface area contributed by atoms with E-state index in [1.165, 1.54) is 0 Å². The van der Waals surface area contributed by atoms with E-state index >= 15 is 0 Å².